The van der Waals surface area contributed by atoms with Crippen molar-refractivity contribution in [2.75, 3.05) is 0 Å². The molecule has 0 saturated carbocycles. The van der Waals surface area contributed by atoms with Crippen molar-refractivity contribution < 1.29 is 5.11 Å². The number of benzene rings is 1. The summed E-state index contributed by atoms with van der Waals surface area (Å²) < 4.78 is 0. The lowest BCUT2D eigenvalue weighted by molar-refractivity contribution is 0.446. The van der Waals surface area contributed by atoms with E-state index in [1.54, 1.807) is 6.07 Å². The Hall–Kier alpha value is -1.28. The molecule has 2 aliphatic carbocycles. The van der Waals surface area contributed by atoms with Gasteiger partial charge in [0.15, 0.2) is 0 Å². The van der Waals surface area contributed by atoms with Gasteiger partial charge in [0.1, 0.15) is 5.75 Å². The fraction of sp³-hybridized carbons (Fsp3) is 0.429. The number of hydrogen-bond acceptors (Lipinski definition) is 2. The molecule has 1 atom stereocenters. The zero-order valence-electron chi connectivity index (χ0n) is 9.32. The van der Waals surface area contributed by atoms with Gasteiger partial charge >= 0.3 is 0 Å². The van der Waals surface area contributed by atoms with Gasteiger partial charge in [0.25, 0.3) is 0 Å². The van der Waals surface area contributed by atoms with Gasteiger partial charge in [-0.15, -0.1) is 0 Å². The summed E-state index contributed by atoms with van der Waals surface area (Å²) in [6.07, 6.45) is 9.07. The van der Waals surface area contributed by atoms with Crippen LogP contribution in [-0.2, 0) is 6.42 Å². The molecule has 1 aromatic carbocycles. The van der Waals surface area contributed by atoms with Crippen molar-refractivity contribution in [1.82, 2.24) is 5.32 Å². The zero-order valence-corrected chi connectivity index (χ0v) is 9.32. The van der Waals surface area contributed by atoms with Crippen LogP contribution in [0.3, 0.4) is 0 Å². The molecule has 16 heavy (non-hydrogen) atoms. The molecule has 0 aromatic heterocycles. The Kier molecular flexibility index (Phi) is 2.44. The number of fused-ring (bicyclic) bond motifs is 1. The average Bonchev–Trinajstić information content (AvgIpc) is 2.89. The molecule has 2 N–H and O–H groups in total. The third kappa shape index (κ3) is 1.74. The monoisotopic (exact) mass is 215 g/mol. The molecular formula is C14H17NO. The van der Waals surface area contributed by atoms with E-state index in [0.29, 0.717) is 17.8 Å². The molecule has 0 heterocycles. The van der Waals surface area contributed by atoms with Gasteiger partial charge in [-0.05, 0) is 48.9 Å². The number of aromatic hydroxyl groups is 1. The molecule has 0 bridgehead atoms. The van der Waals surface area contributed by atoms with Gasteiger partial charge in [-0.2, -0.15) is 0 Å². The maximum atomic E-state index is 9.44. The van der Waals surface area contributed by atoms with Crippen LogP contribution < -0.4 is 5.32 Å². The number of aryl methyl sites for hydroxylation is 1. The molecule has 2 aliphatic rings. The highest BCUT2D eigenvalue weighted by Gasteiger charge is 2.24. The minimum absolute atomic E-state index is 0.391. The average molecular weight is 215 g/mol. The topological polar surface area (TPSA) is 32.3 Å². The Morgan fingerprint density at radius 2 is 2.00 bits per heavy atom. The lowest BCUT2D eigenvalue weighted by Crippen LogP contribution is -2.29. The van der Waals surface area contributed by atoms with Crippen LogP contribution in [0.1, 0.15) is 36.4 Å². The summed E-state index contributed by atoms with van der Waals surface area (Å²) in [4.78, 5) is 0. The molecule has 0 saturated heterocycles. The fourth-order valence-corrected chi connectivity index (χ4v) is 2.81. The minimum Gasteiger partial charge on any atom is -0.508 e. The van der Waals surface area contributed by atoms with Crippen molar-refractivity contribution in [3.63, 3.8) is 0 Å². The number of phenolic OH excluding ortho intramolecular Hbond substituents is 1. The Morgan fingerprint density at radius 1 is 1.19 bits per heavy atom. The van der Waals surface area contributed by atoms with Crippen LogP contribution >= 0.6 is 0 Å². The van der Waals surface area contributed by atoms with Crippen LogP contribution in [0, 0.1) is 0 Å². The van der Waals surface area contributed by atoms with E-state index in [1.807, 2.05) is 6.07 Å². The summed E-state index contributed by atoms with van der Waals surface area (Å²) in [5, 5.41) is 13.1. The van der Waals surface area contributed by atoms with E-state index in [0.717, 1.165) is 25.7 Å². The van der Waals surface area contributed by atoms with Crippen molar-refractivity contribution in [1.29, 1.82) is 0 Å². The molecular weight excluding hydrogens is 198 g/mol. The lowest BCUT2D eigenvalue weighted by Gasteiger charge is -2.19. The SMILES string of the molecule is Oc1ccc2c(c1)CCC2NC1CC=CC1. The van der Waals surface area contributed by atoms with E-state index in [2.05, 4.69) is 23.5 Å². The standard InChI is InChI=1S/C14H17NO/c16-12-6-7-13-10(9-12)5-8-14(13)15-11-3-1-2-4-11/h1-2,6-7,9,11,14-16H,3-5,8H2. The molecule has 84 valence electrons. The third-order valence-corrected chi connectivity index (χ3v) is 3.65. The maximum Gasteiger partial charge on any atom is 0.115 e. The van der Waals surface area contributed by atoms with Gasteiger partial charge in [0.05, 0.1) is 0 Å². The highest BCUT2D eigenvalue weighted by Crippen LogP contribution is 2.34. The van der Waals surface area contributed by atoms with Crippen LogP contribution in [0.5, 0.6) is 5.75 Å². The second-order valence-electron chi connectivity index (χ2n) is 4.78. The van der Waals surface area contributed by atoms with Crippen molar-refractivity contribution in [2.24, 2.45) is 0 Å². The lowest BCUT2D eigenvalue weighted by atomic mass is 10.1. The fourth-order valence-electron chi connectivity index (χ4n) is 2.81. The van der Waals surface area contributed by atoms with Crippen molar-refractivity contribution in [3.05, 3.63) is 41.5 Å². The van der Waals surface area contributed by atoms with Crippen molar-refractivity contribution in [3.8, 4) is 5.75 Å². The third-order valence-electron chi connectivity index (χ3n) is 3.65. The smallest absolute Gasteiger partial charge is 0.115 e. The van der Waals surface area contributed by atoms with Crippen LogP contribution in [-0.4, -0.2) is 11.1 Å². The molecule has 2 nitrogen and oxygen atoms in total. The van der Waals surface area contributed by atoms with E-state index < -0.39 is 0 Å². The second-order valence-corrected chi connectivity index (χ2v) is 4.78. The Labute approximate surface area is 96.0 Å². The van der Waals surface area contributed by atoms with E-state index in [4.69, 9.17) is 0 Å². The summed E-state index contributed by atoms with van der Waals surface area (Å²) in [6.45, 7) is 0. The van der Waals surface area contributed by atoms with Gasteiger partial charge in [-0.25, -0.2) is 0 Å². The molecule has 0 amide bonds. The molecule has 3 rings (SSSR count). The zero-order chi connectivity index (χ0) is 11.0. The summed E-state index contributed by atoms with van der Waals surface area (Å²) in [6, 6.07) is 6.87. The molecule has 1 aromatic rings. The largest absolute Gasteiger partial charge is 0.508 e. The van der Waals surface area contributed by atoms with Gasteiger partial charge < -0.3 is 10.4 Å². The van der Waals surface area contributed by atoms with Crippen molar-refractivity contribution >= 4 is 0 Å². The van der Waals surface area contributed by atoms with E-state index >= 15 is 0 Å². The first-order valence-corrected chi connectivity index (χ1v) is 6.06. The molecule has 1 unspecified atom stereocenters. The molecule has 0 fully saturated rings. The first-order chi connectivity index (χ1) is 7.83. The predicted octanol–water partition coefficient (Wildman–Crippen LogP) is 2.69. The van der Waals surface area contributed by atoms with Crippen molar-refractivity contribution in [2.45, 2.75) is 37.8 Å². The Balaban J connectivity index is 1.75. The predicted molar refractivity (Wildman–Crippen MR) is 64.5 cm³/mol. The molecule has 0 aliphatic heterocycles. The normalized spacial score (nSPS) is 23.9. The van der Waals surface area contributed by atoms with Crippen LogP contribution in [0.2, 0.25) is 0 Å². The van der Waals surface area contributed by atoms with Crippen LogP contribution in [0.25, 0.3) is 0 Å². The first-order valence-electron chi connectivity index (χ1n) is 6.06. The number of hydrogen-bond donors (Lipinski definition) is 2. The number of rotatable bonds is 2. The molecule has 0 radical (unpaired) electrons. The van der Waals surface area contributed by atoms with Gasteiger partial charge in [-0.1, -0.05) is 18.2 Å². The van der Waals surface area contributed by atoms with Gasteiger partial charge in [0, 0.05) is 12.1 Å². The minimum atomic E-state index is 0.391. The second kappa shape index (κ2) is 3.95. The van der Waals surface area contributed by atoms with E-state index in [-0.39, 0.29) is 0 Å². The quantitative estimate of drug-likeness (QED) is 0.743. The number of phenols is 1. The summed E-state index contributed by atoms with van der Waals surface area (Å²) in [5.41, 5.74) is 2.69. The molecule has 2 heteroatoms. The Morgan fingerprint density at radius 3 is 2.81 bits per heavy atom. The van der Waals surface area contributed by atoms with E-state index in [1.165, 1.54) is 11.1 Å². The van der Waals surface area contributed by atoms with Gasteiger partial charge in [0.2, 0.25) is 0 Å². The highest BCUT2D eigenvalue weighted by molar-refractivity contribution is 5.40. The highest BCUT2D eigenvalue weighted by atomic mass is 16.3. The van der Waals surface area contributed by atoms with Crippen LogP contribution in [0.15, 0.2) is 30.4 Å². The maximum absolute atomic E-state index is 9.44. The first kappa shape index (κ1) is 9.91. The molecule has 0 spiro atoms. The van der Waals surface area contributed by atoms with E-state index in [9.17, 15) is 5.11 Å². The Bertz CT molecular complexity index is 417. The summed E-state index contributed by atoms with van der Waals surface area (Å²) >= 11 is 0. The van der Waals surface area contributed by atoms with Gasteiger partial charge in [-0.3, -0.25) is 0 Å². The number of nitrogens with one attached hydrogen (secondary N) is 1. The summed E-state index contributed by atoms with van der Waals surface area (Å²) in [5.74, 6) is 0.391. The van der Waals surface area contributed by atoms with Crippen LogP contribution in [0.4, 0.5) is 0 Å². The summed E-state index contributed by atoms with van der Waals surface area (Å²) in [7, 11) is 0.